The summed E-state index contributed by atoms with van der Waals surface area (Å²) in [6, 6.07) is 15.2. The van der Waals surface area contributed by atoms with Crippen LogP contribution in [0.2, 0.25) is 5.02 Å². The molecule has 0 saturated heterocycles. The second-order valence-electron chi connectivity index (χ2n) is 9.71. The lowest BCUT2D eigenvalue weighted by molar-refractivity contribution is 0.340. The van der Waals surface area contributed by atoms with E-state index >= 15 is 0 Å². The summed E-state index contributed by atoms with van der Waals surface area (Å²) in [5.74, 6) is 1.80. The number of hydrogen-bond donors (Lipinski definition) is 1. The Kier molecular flexibility index (Phi) is 5.11. The number of allylic oxidation sites excluding steroid dienone is 2. The maximum Gasteiger partial charge on any atom is 0.126 e. The highest BCUT2D eigenvalue weighted by atomic mass is 35.5. The zero-order valence-corrected chi connectivity index (χ0v) is 19.5. The van der Waals surface area contributed by atoms with Crippen molar-refractivity contribution in [2.24, 2.45) is 11.8 Å². The normalized spacial score (nSPS) is 26.0. The summed E-state index contributed by atoms with van der Waals surface area (Å²) in [6.45, 7) is 6.82. The van der Waals surface area contributed by atoms with Crippen molar-refractivity contribution in [3.8, 4) is 5.75 Å². The van der Waals surface area contributed by atoms with E-state index in [9.17, 15) is 0 Å². The van der Waals surface area contributed by atoms with Gasteiger partial charge in [0.1, 0.15) is 5.75 Å². The third kappa shape index (κ3) is 3.66. The van der Waals surface area contributed by atoms with Crippen LogP contribution >= 0.6 is 11.6 Å². The molecule has 0 spiro atoms. The SMILES string of the molecule is COc1cccc2c1C1=C(C(Cc3ccc(Cl)cc3)C2)C2C(C)=CC(C)(C)NC2C=C1. The van der Waals surface area contributed by atoms with Crippen LogP contribution in [0.5, 0.6) is 5.75 Å². The second-order valence-corrected chi connectivity index (χ2v) is 10.1. The first kappa shape index (κ1) is 20.6. The van der Waals surface area contributed by atoms with Gasteiger partial charge in [0.2, 0.25) is 0 Å². The number of halogens is 1. The summed E-state index contributed by atoms with van der Waals surface area (Å²) >= 11 is 6.15. The predicted molar refractivity (Wildman–Crippen MR) is 130 cm³/mol. The van der Waals surface area contributed by atoms with Crippen molar-refractivity contribution in [1.82, 2.24) is 5.32 Å². The Morgan fingerprint density at radius 1 is 1.13 bits per heavy atom. The van der Waals surface area contributed by atoms with Gasteiger partial charge >= 0.3 is 0 Å². The molecule has 0 radical (unpaired) electrons. The van der Waals surface area contributed by atoms with E-state index in [1.807, 2.05) is 12.1 Å². The molecule has 0 saturated carbocycles. The molecule has 160 valence electrons. The van der Waals surface area contributed by atoms with Crippen LogP contribution in [0.15, 0.2) is 71.8 Å². The number of nitrogens with one attached hydrogen (secondary N) is 1. The maximum atomic E-state index is 6.15. The average molecular weight is 432 g/mol. The molecule has 2 nitrogen and oxygen atoms in total. The molecule has 5 rings (SSSR count). The summed E-state index contributed by atoms with van der Waals surface area (Å²) in [6.07, 6.45) is 9.16. The van der Waals surface area contributed by atoms with E-state index < -0.39 is 0 Å². The summed E-state index contributed by atoms with van der Waals surface area (Å²) in [4.78, 5) is 0. The second kappa shape index (κ2) is 7.69. The van der Waals surface area contributed by atoms with Crippen molar-refractivity contribution >= 4 is 17.2 Å². The first-order chi connectivity index (χ1) is 14.9. The van der Waals surface area contributed by atoms with Crippen LogP contribution < -0.4 is 10.1 Å². The van der Waals surface area contributed by atoms with Crippen molar-refractivity contribution in [2.45, 2.75) is 45.2 Å². The Bertz CT molecular complexity index is 1110. The van der Waals surface area contributed by atoms with Gasteiger partial charge in [-0.05, 0) is 80.0 Å². The van der Waals surface area contributed by atoms with Gasteiger partial charge in [0.25, 0.3) is 0 Å². The van der Waals surface area contributed by atoms with Gasteiger partial charge in [-0.1, -0.05) is 59.7 Å². The molecule has 1 heterocycles. The van der Waals surface area contributed by atoms with Crippen LogP contribution in [0.4, 0.5) is 0 Å². The molecule has 1 N–H and O–H groups in total. The van der Waals surface area contributed by atoms with Crippen LogP contribution in [-0.2, 0) is 12.8 Å². The Morgan fingerprint density at radius 3 is 2.65 bits per heavy atom. The van der Waals surface area contributed by atoms with E-state index in [4.69, 9.17) is 16.3 Å². The molecule has 3 unspecified atom stereocenters. The van der Waals surface area contributed by atoms with Gasteiger partial charge in [-0.2, -0.15) is 0 Å². The van der Waals surface area contributed by atoms with Gasteiger partial charge in [0.15, 0.2) is 0 Å². The minimum atomic E-state index is 0.00356. The molecule has 3 aliphatic rings. The molecule has 2 aromatic rings. The fourth-order valence-electron chi connectivity index (χ4n) is 5.94. The quantitative estimate of drug-likeness (QED) is 0.567. The molecular formula is C28H30ClNO. The van der Waals surface area contributed by atoms with E-state index in [2.05, 4.69) is 74.6 Å². The lowest BCUT2D eigenvalue weighted by atomic mass is 9.64. The number of fused-ring (bicyclic) bond motifs is 4. The fraction of sp³-hybridized carbons (Fsp3) is 0.357. The molecule has 31 heavy (non-hydrogen) atoms. The van der Waals surface area contributed by atoms with Crippen molar-refractivity contribution in [2.75, 3.05) is 7.11 Å². The van der Waals surface area contributed by atoms with Gasteiger partial charge in [-0.15, -0.1) is 0 Å². The van der Waals surface area contributed by atoms with Crippen LogP contribution in [0.1, 0.15) is 37.5 Å². The monoisotopic (exact) mass is 431 g/mol. The lowest BCUT2D eigenvalue weighted by Gasteiger charge is -2.46. The van der Waals surface area contributed by atoms with Crippen LogP contribution in [0.25, 0.3) is 5.57 Å². The maximum absolute atomic E-state index is 6.15. The first-order valence-electron chi connectivity index (χ1n) is 11.2. The van der Waals surface area contributed by atoms with Crippen molar-refractivity contribution in [1.29, 1.82) is 0 Å². The smallest absolute Gasteiger partial charge is 0.126 e. The third-order valence-corrected chi connectivity index (χ3v) is 7.25. The zero-order chi connectivity index (χ0) is 21.8. The molecule has 2 aromatic carbocycles. The van der Waals surface area contributed by atoms with Gasteiger partial charge in [0.05, 0.1) is 7.11 Å². The highest BCUT2D eigenvalue weighted by molar-refractivity contribution is 6.30. The molecule has 2 aliphatic carbocycles. The number of benzene rings is 2. The highest BCUT2D eigenvalue weighted by Gasteiger charge is 2.42. The average Bonchev–Trinajstić information content (AvgIpc) is 2.73. The van der Waals surface area contributed by atoms with E-state index in [0.717, 1.165) is 23.6 Å². The zero-order valence-electron chi connectivity index (χ0n) is 18.7. The highest BCUT2D eigenvalue weighted by Crippen LogP contribution is 2.50. The van der Waals surface area contributed by atoms with Crippen LogP contribution in [0.3, 0.4) is 0 Å². The van der Waals surface area contributed by atoms with Crippen molar-refractivity contribution < 1.29 is 4.74 Å². The minimum Gasteiger partial charge on any atom is -0.496 e. The van der Waals surface area contributed by atoms with Gasteiger partial charge < -0.3 is 10.1 Å². The topological polar surface area (TPSA) is 21.3 Å². The van der Waals surface area contributed by atoms with E-state index in [1.54, 1.807) is 12.7 Å². The fourth-order valence-corrected chi connectivity index (χ4v) is 6.07. The van der Waals surface area contributed by atoms with E-state index in [1.165, 1.54) is 27.8 Å². The molecule has 0 aromatic heterocycles. The summed E-state index contributed by atoms with van der Waals surface area (Å²) in [5, 5.41) is 4.65. The molecule has 3 heteroatoms. The van der Waals surface area contributed by atoms with Gasteiger partial charge in [-0.25, -0.2) is 0 Å². The Hall–Kier alpha value is -2.29. The Morgan fingerprint density at radius 2 is 1.90 bits per heavy atom. The Balaban J connectivity index is 1.66. The van der Waals surface area contributed by atoms with Crippen molar-refractivity contribution in [3.63, 3.8) is 0 Å². The molecule has 0 bridgehead atoms. The summed E-state index contributed by atoms with van der Waals surface area (Å²) in [5.41, 5.74) is 8.37. The first-order valence-corrected chi connectivity index (χ1v) is 11.5. The summed E-state index contributed by atoms with van der Waals surface area (Å²) < 4.78 is 5.81. The number of ether oxygens (including phenoxy) is 1. The largest absolute Gasteiger partial charge is 0.496 e. The standard InChI is InChI=1S/C28H30ClNO/c1-17-16-28(2,3)30-23-13-12-22-26-19(6-5-7-24(26)31-4)15-20(27(22)25(17)23)14-18-8-10-21(29)11-9-18/h5-13,16,20,23,25,30H,14-15H2,1-4H3. The molecular weight excluding hydrogens is 402 g/mol. The molecule has 0 amide bonds. The third-order valence-electron chi connectivity index (χ3n) is 7.00. The summed E-state index contributed by atoms with van der Waals surface area (Å²) in [7, 11) is 1.78. The van der Waals surface area contributed by atoms with E-state index in [-0.39, 0.29) is 5.54 Å². The van der Waals surface area contributed by atoms with Crippen molar-refractivity contribution in [3.05, 3.63) is 93.6 Å². The lowest BCUT2D eigenvalue weighted by Crippen LogP contribution is -2.53. The number of methoxy groups -OCH3 is 1. The number of rotatable bonds is 3. The minimum absolute atomic E-state index is 0.00356. The van der Waals surface area contributed by atoms with Gasteiger partial charge in [0, 0.05) is 28.1 Å². The molecule has 0 fully saturated rings. The number of hydrogen-bond acceptors (Lipinski definition) is 2. The predicted octanol–water partition coefficient (Wildman–Crippen LogP) is 6.40. The molecule has 3 atom stereocenters. The Labute approximate surface area is 190 Å². The van der Waals surface area contributed by atoms with Gasteiger partial charge in [-0.3, -0.25) is 0 Å². The van der Waals surface area contributed by atoms with Crippen LogP contribution in [0, 0.1) is 11.8 Å². The van der Waals surface area contributed by atoms with Crippen LogP contribution in [-0.4, -0.2) is 18.7 Å². The van der Waals surface area contributed by atoms with E-state index in [0.29, 0.717) is 17.9 Å². The molecule has 1 aliphatic heterocycles.